The van der Waals surface area contributed by atoms with Gasteiger partial charge in [-0.05, 0) is 44.0 Å². The third-order valence-electron chi connectivity index (χ3n) is 3.64. The number of nitrogen functional groups attached to an aromatic ring is 1. The zero-order valence-electron chi connectivity index (χ0n) is 11.9. The number of hydrogen-bond acceptors (Lipinski definition) is 4. The predicted octanol–water partition coefficient (Wildman–Crippen LogP) is 2.00. The molecule has 0 radical (unpaired) electrons. The third kappa shape index (κ3) is 3.49. The quantitative estimate of drug-likeness (QED) is 0.598. The Labute approximate surface area is 119 Å². The van der Waals surface area contributed by atoms with Crippen molar-refractivity contribution in [3.05, 3.63) is 24.0 Å². The molecule has 3 N–H and O–H groups in total. The number of benzene rings is 1. The summed E-state index contributed by atoms with van der Waals surface area (Å²) in [4.78, 5) is 10.1. The Balaban J connectivity index is 1.49. The summed E-state index contributed by atoms with van der Waals surface area (Å²) in [5.41, 5.74) is 8.49. The largest absolute Gasteiger partial charge is 0.399 e. The highest BCUT2D eigenvalue weighted by molar-refractivity contribution is 5.78. The first-order valence-electron chi connectivity index (χ1n) is 7.21. The van der Waals surface area contributed by atoms with E-state index >= 15 is 0 Å². The molecule has 1 saturated carbocycles. The molecule has 1 aliphatic carbocycles. The first kappa shape index (κ1) is 13.4. The molecule has 0 aliphatic heterocycles. The van der Waals surface area contributed by atoms with Gasteiger partial charge in [-0.3, -0.25) is 4.90 Å². The van der Waals surface area contributed by atoms with Crippen molar-refractivity contribution in [2.45, 2.75) is 19.4 Å². The predicted molar refractivity (Wildman–Crippen MR) is 80.4 cm³/mol. The van der Waals surface area contributed by atoms with Crippen LogP contribution in [0.25, 0.3) is 11.0 Å². The van der Waals surface area contributed by atoms with Crippen molar-refractivity contribution >= 4 is 16.7 Å². The van der Waals surface area contributed by atoms with E-state index in [0.717, 1.165) is 54.8 Å². The Morgan fingerprint density at radius 1 is 1.45 bits per heavy atom. The number of nitrogens with two attached hydrogens (primary N) is 1. The fourth-order valence-corrected chi connectivity index (χ4v) is 2.24. The number of fused-ring (bicyclic) bond motifs is 1. The van der Waals surface area contributed by atoms with Gasteiger partial charge < -0.3 is 15.5 Å². The summed E-state index contributed by atoms with van der Waals surface area (Å²) in [5.74, 6) is 1.80. The summed E-state index contributed by atoms with van der Waals surface area (Å²) in [7, 11) is 2.09. The lowest BCUT2D eigenvalue weighted by atomic mass is 10.3. The van der Waals surface area contributed by atoms with E-state index in [9.17, 15) is 0 Å². The molecule has 0 unspecified atom stereocenters. The van der Waals surface area contributed by atoms with Crippen molar-refractivity contribution in [1.82, 2.24) is 14.9 Å². The highest BCUT2D eigenvalue weighted by atomic mass is 16.5. The second kappa shape index (κ2) is 5.81. The van der Waals surface area contributed by atoms with E-state index in [-0.39, 0.29) is 0 Å². The molecular weight excluding hydrogens is 252 g/mol. The van der Waals surface area contributed by atoms with E-state index in [0.29, 0.717) is 0 Å². The van der Waals surface area contributed by atoms with Crippen LogP contribution in [0.4, 0.5) is 5.69 Å². The van der Waals surface area contributed by atoms with Crippen LogP contribution in [0.5, 0.6) is 0 Å². The van der Waals surface area contributed by atoms with E-state index in [1.54, 1.807) is 0 Å². The molecule has 1 heterocycles. The maximum Gasteiger partial charge on any atom is 0.121 e. The van der Waals surface area contributed by atoms with Gasteiger partial charge in [0.05, 0.1) is 24.2 Å². The van der Waals surface area contributed by atoms with Gasteiger partial charge in [0.2, 0.25) is 0 Å². The van der Waals surface area contributed by atoms with Gasteiger partial charge >= 0.3 is 0 Å². The Bertz CT molecular complexity index is 576. The van der Waals surface area contributed by atoms with Gasteiger partial charge in [-0.1, -0.05) is 0 Å². The molecule has 2 aromatic rings. The fraction of sp³-hybridized carbons (Fsp3) is 0.533. The highest BCUT2D eigenvalue weighted by Crippen LogP contribution is 2.28. The summed E-state index contributed by atoms with van der Waals surface area (Å²) >= 11 is 0. The molecule has 0 atom stereocenters. The topological polar surface area (TPSA) is 67.2 Å². The summed E-state index contributed by atoms with van der Waals surface area (Å²) < 4.78 is 5.65. The van der Waals surface area contributed by atoms with E-state index in [2.05, 4.69) is 21.9 Å². The van der Waals surface area contributed by atoms with Crippen LogP contribution in [0, 0.1) is 5.92 Å². The van der Waals surface area contributed by atoms with E-state index in [1.807, 2.05) is 18.2 Å². The minimum Gasteiger partial charge on any atom is -0.399 e. The van der Waals surface area contributed by atoms with Gasteiger partial charge in [0.15, 0.2) is 0 Å². The van der Waals surface area contributed by atoms with Crippen molar-refractivity contribution in [3.8, 4) is 0 Å². The van der Waals surface area contributed by atoms with Crippen LogP contribution >= 0.6 is 0 Å². The number of nitrogens with one attached hydrogen (secondary N) is 1. The number of nitrogens with zero attached hydrogens (tertiary/aromatic N) is 2. The lowest BCUT2D eigenvalue weighted by molar-refractivity contribution is 0.101. The summed E-state index contributed by atoms with van der Waals surface area (Å²) in [6.07, 6.45) is 2.69. The normalized spacial score (nSPS) is 15.3. The van der Waals surface area contributed by atoms with Crippen molar-refractivity contribution < 1.29 is 4.74 Å². The molecular formula is C15H22N4O. The van der Waals surface area contributed by atoms with Gasteiger partial charge in [0.1, 0.15) is 5.82 Å². The minimum absolute atomic E-state index is 0.759. The monoisotopic (exact) mass is 274 g/mol. The molecule has 108 valence electrons. The summed E-state index contributed by atoms with van der Waals surface area (Å²) in [6, 6.07) is 5.75. The molecule has 0 bridgehead atoms. The second-order valence-corrected chi connectivity index (χ2v) is 5.72. The number of aromatic amines is 1. The summed E-state index contributed by atoms with van der Waals surface area (Å²) in [6.45, 7) is 3.44. The van der Waals surface area contributed by atoms with E-state index in [1.165, 1.54) is 12.8 Å². The summed E-state index contributed by atoms with van der Waals surface area (Å²) in [5, 5.41) is 0. The van der Waals surface area contributed by atoms with Crippen LogP contribution < -0.4 is 5.73 Å². The van der Waals surface area contributed by atoms with Crippen LogP contribution in [-0.4, -0.2) is 41.7 Å². The number of hydrogen-bond donors (Lipinski definition) is 2. The number of likely N-dealkylation sites (N-methyl/N-ethyl adjacent to an activating group) is 1. The maximum atomic E-state index is 5.77. The molecule has 1 aromatic carbocycles. The molecule has 0 saturated heterocycles. The third-order valence-corrected chi connectivity index (χ3v) is 3.64. The molecule has 5 heteroatoms. The lowest BCUT2D eigenvalue weighted by Gasteiger charge is -2.14. The molecule has 5 nitrogen and oxygen atoms in total. The van der Waals surface area contributed by atoms with Gasteiger partial charge in [0.25, 0.3) is 0 Å². The lowest BCUT2D eigenvalue weighted by Crippen LogP contribution is -2.23. The van der Waals surface area contributed by atoms with Gasteiger partial charge in [0, 0.05) is 18.8 Å². The first-order chi connectivity index (χ1) is 9.70. The molecule has 20 heavy (non-hydrogen) atoms. The number of aromatic nitrogens is 2. The minimum atomic E-state index is 0.759. The maximum absolute atomic E-state index is 5.77. The van der Waals surface area contributed by atoms with Crippen LogP contribution in [0.2, 0.25) is 0 Å². The average Bonchev–Trinajstić information content (AvgIpc) is 3.15. The van der Waals surface area contributed by atoms with Gasteiger partial charge in [-0.25, -0.2) is 4.98 Å². The smallest absolute Gasteiger partial charge is 0.121 e. The Hall–Kier alpha value is -1.59. The first-order valence-corrected chi connectivity index (χ1v) is 7.21. The Morgan fingerprint density at radius 3 is 3.10 bits per heavy atom. The molecule has 1 aromatic heterocycles. The van der Waals surface area contributed by atoms with E-state index < -0.39 is 0 Å². The van der Waals surface area contributed by atoms with Crippen molar-refractivity contribution in [2.75, 3.05) is 32.5 Å². The SMILES string of the molecule is CN(CCOCC1CC1)Cc1nc2ccc(N)cc2[nH]1. The molecule has 0 spiro atoms. The Kier molecular flexibility index (Phi) is 3.89. The number of rotatable bonds is 7. The van der Waals surface area contributed by atoms with Crippen molar-refractivity contribution in [1.29, 1.82) is 0 Å². The highest BCUT2D eigenvalue weighted by Gasteiger charge is 2.20. The zero-order valence-corrected chi connectivity index (χ0v) is 11.9. The van der Waals surface area contributed by atoms with Crippen LogP contribution in [0.3, 0.4) is 0 Å². The van der Waals surface area contributed by atoms with Crippen molar-refractivity contribution in [2.24, 2.45) is 5.92 Å². The van der Waals surface area contributed by atoms with Crippen LogP contribution in [-0.2, 0) is 11.3 Å². The Morgan fingerprint density at radius 2 is 2.30 bits per heavy atom. The number of ether oxygens (including phenoxy) is 1. The molecule has 0 amide bonds. The molecule has 1 aliphatic rings. The fourth-order valence-electron chi connectivity index (χ4n) is 2.24. The molecule has 3 rings (SSSR count). The number of imidazole rings is 1. The zero-order chi connectivity index (χ0) is 13.9. The second-order valence-electron chi connectivity index (χ2n) is 5.72. The van der Waals surface area contributed by atoms with E-state index in [4.69, 9.17) is 10.5 Å². The molecule has 1 fully saturated rings. The average molecular weight is 274 g/mol. The van der Waals surface area contributed by atoms with Crippen molar-refractivity contribution in [3.63, 3.8) is 0 Å². The van der Waals surface area contributed by atoms with Crippen LogP contribution in [0.15, 0.2) is 18.2 Å². The van der Waals surface area contributed by atoms with Gasteiger partial charge in [-0.15, -0.1) is 0 Å². The number of anilines is 1. The standard InChI is InChI=1S/C15H22N4O/c1-19(6-7-20-10-11-2-3-11)9-15-17-13-5-4-12(16)8-14(13)18-15/h4-5,8,11H,2-3,6-7,9-10,16H2,1H3,(H,17,18). The van der Waals surface area contributed by atoms with Gasteiger partial charge in [-0.2, -0.15) is 0 Å². The number of H-pyrrole nitrogens is 1. The van der Waals surface area contributed by atoms with Crippen LogP contribution in [0.1, 0.15) is 18.7 Å².